The summed E-state index contributed by atoms with van der Waals surface area (Å²) in [5, 5.41) is 17.6. The van der Waals surface area contributed by atoms with Gasteiger partial charge in [0, 0.05) is 0 Å². The summed E-state index contributed by atoms with van der Waals surface area (Å²) in [5.41, 5.74) is -1.02. The zero-order valence-electron chi connectivity index (χ0n) is 8.95. The van der Waals surface area contributed by atoms with Gasteiger partial charge in [-0.05, 0) is 25.7 Å². The lowest BCUT2D eigenvalue weighted by Gasteiger charge is -2.32. The number of amides is 1. The molecule has 1 spiro atoms. The minimum atomic E-state index is -1.15. The van der Waals surface area contributed by atoms with Gasteiger partial charge in [0.2, 0.25) is 0 Å². The number of carboxylic acid groups (broad SMARTS) is 1. The third kappa shape index (κ3) is 1.31. The highest BCUT2D eigenvalue weighted by Gasteiger charge is 2.48. The van der Waals surface area contributed by atoms with Crippen LogP contribution >= 0.6 is 0 Å². The van der Waals surface area contributed by atoms with Gasteiger partial charge in [-0.25, -0.2) is 4.79 Å². The third-order valence-electron chi connectivity index (χ3n) is 3.29. The predicted octanol–water partition coefficient (Wildman–Crippen LogP) is 0.752. The molecular formula is C10H11N3O4. The fourth-order valence-corrected chi connectivity index (χ4v) is 2.40. The Kier molecular flexibility index (Phi) is 1.92. The topological polar surface area (TPSA) is 104 Å². The van der Waals surface area contributed by atoms with Crippen molar-refractivity contribution in [1.82, 2.24) is 10.2 Å². The molecule has 7 heteroatoms. The van der Waals surface area contributed by atoms with Crippen LogP contribution in [-0.4, -0.2) is 32.8 Å². The SMILES string of the molecule is O=C(O)c1[nH]nc2c1OC1(CCCC1)C(=O)N2. The average molecular weight is 237 g/mol. The molecule has 1 aliphatic heterocycles. The van der Waals surface area contributed by atoms with Crippen LogP contribution in [0.5, 0.6) is 5.75 Å². The number of aromatic nitrogens is 2. The van der Waals surface area contributed by atoms with E-state index in [9.17, 15) is 9.59 Å². The quantitative estimate of drug-likeness (QED) is 0.668. The second kappa shape index (κ2) is 3.22. The molecule has 1 amide bonds. The number of rotatable bonds is 1. The predicted molar refractivity (Wildman–Crippen MR) is 56.0 cm³/mol. The van der Waals surface area contributed by atoms with Gasteiger partial charge in [-0.2, -0.15) is 5.10 Å². The smallest absolute Gasteiger partial charge is 0.357 e. The number of hydrogen-bond acceptors (Lipinski definition) is 4. The van der Waals surface area contributed by atoms with Crippen LogP contribution in [0.2, 0.25) is 0 Å². The van der Waals surface area contributed by atoms with E-state index in [2.05, 4.69) is 15.5 Å². The van der Waals surface area contributed by atoms with Crippen LogP contribution in [0.25, 0.3) is 0 Å². The first-order chi connectivity index (χ1) is 8.12. The van der Waals surface area contributed by atoms with E-state index in [1.807, 2.05) is 0 Å². The summed E-state index contributed by atoms with van der Waals surface area (Å²) in [4.78, 5) is 22.9. The fraction of sp³-hybridized carbons (Fsp3) is 0.500. The molecule has 0 unspecified atom stereocenters. The van der Waals surface area contributed by atoms with Crippen LogP contribution < -0.4 is 10.1 Å². The molecule has 3 N–H and O–H groups in total. The van der Waals surface area contributed by atoms with E-state index in [1.54, 1.807) is 0 Å². The molecule has 1 fully saturated rings. The second-order valence-electron chi connectivity index (χ2n) is 4.34. The number of aromatic carboxylic acids is 1. The molecule has 1 aliphatic carbocycles. The Labute approximate surface area is 96.2 Å². The highest BCUT2D eigenvalue weighted by molar-refractivity contribution is 6.02. The third-order valence-corrected chi connectivity index (χ3v) is 3.29. The van der Waals surface area contributed by atoms with Gasteiger partial charge < -0.3 is 15.2 Å². The number of carboxylic acids is 1. The lowest BCUT2D eigenvalue weighted by atomic mass is 9.99. The molecule has 0 atom stereocenters. The van der Waals surface area contributed by atoms with Crippen molar-refractivity contribution in [3.05, 3.63) is 5.69 Å². The fourth-order valence-electron chi connectivity index (χ4n) is 2.40. The Morgan fingerprint density at radius 2 is 2.12 bits per heavy atom. The van der Waals surface area contributed by atoms with Crippen molar-refractivity contribution in [1.29, 1.82) is 0 Å². The molecule has 1 aromatic rings. The molecule has 1 saturated carbocycles. The van der Waals surface area contributed by atoms with E-state index in [4.69, 9.17) is 9.84 Å². The monoisotopic (exact) mass is 237 g/mol. The molecule has 0 bridgehead atoms. The summed E-state index contributed by atoms with van der Waals surface area (Å²) >= 11 is 0. The van der Waals surface area contributed by atoms with Crippen LogP contribution in [0.1, 0.15) is 36.2 Å². The van der Waals surface area contributed by atoms with Gasteiger partial charge in [0.05, 0.1) is 0 Å². The number of nitrogens with zero attached hydrogens (tertiary/aromatic N) is 1. The van der Waals surface area contributed by atoms with Crippen molar-refractivity contribution in [2.75, 3.05) is 5.32 Å². The number of hydrogen-bond donors (Lipinski definition) is 3. The minimum absolute atomic E-state index is 0.119. The summed E-state index contributed by atoms with van der Waals surface area (Å²) in [6.45, 7) is 0. The first-order valence-corrected chi connectivity index (χ1v) is 5.44. The van der Waals surface area contributed by atoms with Crippen molar-refractivity contribution < 1.29 is 19.4 Å². The standard InChI is InChI=1S/C10H11N3O4/c14-8(15)5-6-7(13-12-5)11-9(16)10(17-6)3-1-2-4-10/h1-4H2,(H,14,15)(H2,11,12,13,16). The number of anilines is 1. The van der Waals surface area contributed by atoms with Crippen molar-refractivity contribution >= 4 is 17.7 Å². The number of H-pyrrole nitrogens is 1. The van der Waals surface area contributed by atoms with E-state index < -0.39 is 11.6 Å². The summed E-state index contributed by atoms with van der Waals surface area (Å²) in [6, 6.07) is 0. The van der Waals surface area contributed by atoms with Crippen molar-refractivity contribution in [2.24, 2.45) is 0 Å². The van der Waals surface area contributed by atoms with Crippen LogP contribution in [0.3, 0.4) is 0 Å². The van der Waals surface area contributed by atoms with Crippen molar-refractivity contribution in [2.45, 2.75) is 31.3 Å². The van der Waals surface area contributed by atoms with E-state index in [1.165, 1.54) is 0 Å². The maximum atomic E-state index is 11.9. The lowest BCUT2D eigenvalue weighted by molar-refractivity contribution is -0.132. The Bertz CT molecular complexity index is 502. The summed E-state index contributed by atoms with van der Waals surface area (Å²) in [6.07, 6.45) is 3.04. The van der Waals surface area contributed by atoms with Gasteiger partial charge in [0.25, 0.3) is 5.91 Å². The average Bonchev–Trinajstić information content (AvgIpc) is 2.87. The van der Waals surface area contributed by atoms with Crippen LogP contribution in [0.4, 0.5) is 5.82 Å². The van der Waals surface area contributed by atoms with Gasteiger partial charge in [-0.3, -0.25) is 9.89 Å². The first kappa shape index (κ1) is 10.1. The number of carbonyl (C=O) groups excluding carboxylic acids is 1. The lowest BCUT2D eigenvalue weighted by Crippen LogP contribution is -2.48. The molecule has 2 heterocycles. The molecule has 3 rings (SSSR count). The van der Waals surface area contributed by atoms with E-state index in [-0.39, 0.29) is 23.2 Å². The Morgan fingerprint density at radius 1 is 1.41 bits per heavy atom. The maximum absolute atomic E-state index is 11.9. The Morgan fingerprint density at radius 3 is 2.76 bits per heavy atom. The Balaban J connectivity index is 2.04. The first-order valence-electron chi connectivity index (χ1n) is 5.44. The molecule has 7 nitrogen and oxygen atoms in total. The molecule has 0 saturated heterocycles. The normalized spacial score (nSPS) is 20.8. The second-order valence-corrected chi connectivity index (χ2v) is 4.34. The van der Waals surface area contributed by atoms with Crippen LogP contribution in [0.15, 0.2) is 0 Å². The number of nitrogens with one attached hydrogen (secondary N) is 2. The zero-order chi connectivity index (χ0) is 12.0. The number of ether oxygens (including phenoxy) is 1. The highest BCUT2D eigenvalue weighted by atomic mass is 16.5. The van der Waals surface area contributed by atoms with E-state index in [0.29, 0.717) is 12.8 Å². The van der Waals surface area contributed by atoms with Crippen molar-refractivity contribution in [3.8, 4) is 5.75 Å². The van der Waals surface area contributed by atoms with E-state index >= 15 is 0 Å². The molecule has 1 aromatic heterocycles. The van der Waals surface area contributed by atoms with Gasteiger partial charge in [-0.1, -0.05) is 0 Å². The molecule has 2 aliphatic rings. The van der Waals surface area contributed by atoms with Gasteiger partial charge in [0.1, 0.15) is 0 Å². The maximum Gasteiger partial charge on any atom is 0.357 e. The van der Waals surface area contributed by atoms with Gasteiger partial charge >= 0.3 is 5.97 Å². The van der Waals surface area contributed by atoms with Gasteiger partial charge in [0.15, 0.2) is 22.9 Å². The minimum Gasteiger partial charge on any atom is -0.476 e. The zero-order valence-corrected chi connectivity index (χ0v) is 8.95. The highest BCUT2D eigenvalue weighted by Crippen LogP contribution is 2.42. The number of fused-ring (bicyclic) bond motifs is 1. The summed E-state index contributed by atoms with van der Waals surface area (Å²) < 4.78 is 5.64. The molecule has 0 aromatic carbocycles. The summed E-state index contributed by atoms with van der Waals surface area (Å²) in [7, 11) is 0. The van der Waals surface area contributed by atoms with Crippen LogP contribution in [0, 0.1) is 0 Å². The largest absolute Gasteiger partial charge is 0.476 e. The number of aromatic amines is 1. The summed E-state index contributed by atoms with van der Waals surface area (Å²) in [5.74, 6) is -1.09. The molecule has 0 radical (unpaired) electrons. The van der Waals surface area contributed by atoms with Crippen LogP contribution in [-0.2, 0) is 4.79 Å². The Hall–Kier alpha value is -2.05. The van der Waals surface area contributed by atoms with Crippen molar-refractivity contribution in [3.63, 3.8) is 0 Å². The van der Waals surface area contributed by atoms with E-state index in [0.717, 1.165) is 12.8 Å². The number of carbonyl (C=O) groups is 2. The molecule has 17 heavy (non-hydrogen) atoms. The van der Waals surface area contributed by atoms with Gasteiger partial charge in [-0.15, -0.1) is 0 Å². The molecular weight excluding hydrogens is 226 g/mol. The molecule has 90 valence electrons.